The lowest BCUT2D eigenvalue weighted by Gasteiger charge is -2.18. The van der Waals surface area contributed by atoms with E-state index in [9.17, 15) is 0 Å². The van der Waals surface area contributed by atoms with Gasteiger partial charge in [0.1, 0.15) is 0 Å². The third-order valence-corrected chi connectivity index (χ3v) is 3.69. The molecule has 0 aliphatic rings. The van der Waals surface area contributed by atoms with E-state index in [-0.39, 0.29) is 6.04 Å². The van der Waals surface area contributed by atoms with Crippen LogP contribution in [0.2, 0.25) is 0 Å². The van der Waals surface area contributed by atoms with Gasteiger partial charge < -0.3 is 5.32 Å². The van der Waals surface area contributed by atoms with Gasteiger partial charge in [-0.25, -0.2) is 0 Å². The first-order valence-corrected chi connectivity index (χ1v) is 7.14. The zero-order valence-corrected chi connectivity index (χ0v) is 12.3. The average molecular weight is 277 g/mol. The molecule has 0 aliphatic heterocycles. The lowest BCUT2D eigenvalue weighted by molar-refractivity contribution is 0.676. The molecule has 106 valence electrons. The highest BCUT2D eigenvalue weighted by atomic mass is 15.3. The molecule has 3 nitrogen and oxygen atoms in total. The van der Waals surface area contributed by atoms with Crippen LogP contribution in [0.1, 0.15) is 18.7 Å². The molecule has 1 atom stereocenters. The second-order valence-corrected chi connectivity index (χ2v) is 5.16. The van der Waals surface area contributed by atoms with E-state index in [4.69, 9.17) is 0 Å². The Morgan fingerprint density at radius 1 is 0.952 bits per heavy atom. The smallest absolute Gasteiger partial charge is 0.0654 e. The Balaban J connectivity index is 1.92. The molecular formula is C18H19N3. The summed E-state index contributed by atoms with van der Waals surface area (Å²) in [4.78, 5) is 0. The predicted molar refractivity (Wildman–Crippen MR) is 87.1 cm³/mol. The number of hydrogen-bond donors (Lipinski definition) is 1. The van der Waals surface area contributed by atoms with Gasteiger partial charge in [0.2, 0.25) is 0 Å². The van der Waals surface area contributed by atoms with Crippen molar-refractivity contribution < 1.29 is 0 Å². The van der Waals surface area contributed by atoms with Crippen molar-refractivity contribution in [1.82, 2.24) is 9.78 Å². The lowest BCUT2D eigenvalue weighted by atomic mass is 10.0. The Morgan fingerprint density at radius 2 is 1.67 bits per heavy atom. The highest BCUT2D eigenvalue weighted by molar-refractivity contribution is 5.77. The van der Waals surface area contributed by atoms with Gasteiger partial charge in [0.15, 0.2) is 0 Å². The van der Waals surface area contributed by atoms with Gasteiger partial charge in [0, 0.05) is 24.5 Å². The maximum atomic E-state index is 4.24. The van der Waals surface area contributed by atoms with Gasteiger partial charge in [0.05, 0.1) is 11.7 Å². The van der Waals surface area contributed by atoms with Crippen LogP contribution in [0.25, 0.3) is 11.1 Å². The quantitative estimate of drug-likeness (QED) is 0.772. The van der Waals surface area contributed by atoms with Gasteiger partial charge in [-0.3, -0.25) is 4.68 Å². The van der Waals surface area contributed by atoms with Crippen LogP contribution in [0, 0.1) is 0 Å². The molecule has 0 spiro atoms. The summed E-state index contributed by atoms with van der Waals surface area (Å²) in [6.45, 7) is 2.15. The summed E-state index contributed by atoms with van der Waals surface area (Å²) < 4.78 is 1.91. The van der Waals surface area contributed by atoms with Gasteiger partial charge >= 0.3 is 0 Å². The van der Waals surface area contributed by atoms with Crippen molar-refractivity contribution in [3.63, 3.8) is 0 Å². The molecule has 21 heavy (non-hydrogen) atoms. The fourth-order valence-electron chi connectivity index (χ4n) is 2.59. The molecule has 2 aromatic carbocycles. The molecule has 0 radical (unpaired) electrons. The van der Waals surface area contributed by atoms with Crippen LogP contribution in [-0.4, -0.2) is 9.78 Å². The van der Waals surface area contributed by atoms with E-state index in [2.05, 4.69) is 65.9 Å². The molecule has 1 aromatic heterocycles. The summed E-state index contributed by atoms with van der Waals surface area (Å²) in [7, 11) is 1.97. The monoisotopic (exact) mass is 277 g/mol. The molecule has 0 saturated heterocycles. The van der Waals surface area contributed by atoms with Crippen molar-refractivity contribution in [1.29, 1.82) is 0 Å². The first-order valence-electron chi connectivity index (χ1n) is 7.14. The number of aromatic nitrogens is 2. The Morgan fingerprint density at radius 3 is 2.38 bits per heavy atom. The Labute approximate surface area is 125 Å². The SMILES string of the molecule is CC(Nc1ccccc1-c1ccccc1)c1ccnn1C. The van der Waals surface area contributed by atoms with Gasteiger partial charge in [0.25, 0.3) is 0 Å². The van der Waals surface area contributed by atoms with Crippen LogP contribution < -0.4 is 5.32 Å². The summed E-state index contributed by atoms with van der Waals surface area (Å²) >= 11 is 0. The molecule has 1 unspecified atom stereocenters. The summed E-state index contributed by atoms with van der Waals surface area (Å²) in [6.07, 6.45) is 1.83. The van der Waals surface area contributed by atoms with Crippen molar-refractivity contribution in [3.8, 4) is 11.1 Å². The molecule has 0 saturated carbocycles. The fraction of sp³-hybridized carbons (Fsp3) is 0.167. The van der Waals surface area contributed by atoms with E-state index in [0.29, 0.717) is 0 Å². The van der Waals surface area contributed by atoms with Crippen molar-refractivity contribution in [2.45, 2.75) is 13.0 Å². The first kappa shape index (κ1) is 13.4. The van der Waals surface area contributed by atoms with E-state index in [0.717, 1.165) is 11.4 Å². The Kier molecular flexibility index (Phi) is 3.73. The van der Waals surface area contributed by atoms with Crippen molar-refractivity contribution in [3.05, 3.63) is 72.6 Å². The number of rotatable bonds is 4. The summed E-state index contributed by atoms with van der Waals surface area (Å²) in [5, 5.41) is 7.83. The van der Waals surface area contributed by atoms with Gasteiger partial charge in [-0.15, -0.1) is 0 Å². The van der Waals surface area contributed by atoms with Gasteiger partial charge in [-0.1, -0.05) is 48.5 Å². The van der Waals surface area contributed by atoms with Crippen LogP contribution in [0.5, 0.6) is 0 Å². The minimum Gasteiger partial charge on any atom is -0.376 e. The zero-order chi connectivity index (χ0) is 14.7. The predicted octanol–water partition coefficient (Wildman–Crippen LogP) is 4.26. The number of anilines is 1. The van der Waals surface area contributed by atoms with Crippen LogP contribution in [0.15, 0.2) is 66.9 Å². The third kappa shape index (κ3) is 2.82. The molecule has 1 N–H and O–H groups in total. The largest absolute Gasteiger partial charge is 0.376 e. The standard InChI is InChI=1S/C18H19N3/c1-14(18-12-13-19-21(18)2)20-17-11-7-6-10-16(17)15-8-4-3-5-9-15/h3-14,20H,1-2H3. The van der Waals surface area contributed by atoms with Crippen molar-refractivity contribution in [2.75, 3.05) is 5.32 Å². The Bertz CT molecular complexity index is 716. The van der Waals surface area contributed by atoms with Gasteiger partial charge in [-0.05, 0) is 24.6 Å². The molecule has 0 amide bonds. The molecule has 0 aliphatic carbocycles. The number of benzene rings is 2. The van der Waals surface area contributed by atoms with E-state index >= 15 is 0 Å². The molecule has 1 heterocycles. The van der Waals surface area contributed by atoms with Crippen LogP contribution in [0.3, 0.4) is 0 Å². The number of nitrogens with zero attached hydrogens (tertiary/aromatic N) is 2. The second-order valence-electron chi connectivity index (χ2n) is 5.16. The van der Waals surface area contributed by atoms with Crippen LogP contribution in [-0.2, 0) is 7.05 Å². The van der Waals surface area contributed by atoms with E-state index in [1.54, 1.807) is 0 Å². The van der Waals surface area contributed by atoms with Crippen LogP contribution in [0.4, 0.5) is 5.69 Å². The number of nitrogens with one attached hydrogen (secondary N) is 1. The molecule has 0 fully saturated rings. The third-order valence-electron chi connectivity index (χ3n) is 3.69. The summed E-state index contributed by atoms with van der Waals surface area (Å²) in [6, 6.07) is 21.1. The maximum Gasteiger partial charge on any atom is 0.0654 e. The molecule has 3 rings (SSSR count). The number of para-hydroxylation sites is 1. The van der Waals surface area contributed by atoms with Gasteiger partial charge in [-0.2, -0.15) is 5.10 Å². The lowest BCUT2D eigenvalue weighted by Crippen LogP contribution is -2.11. The minimum atomic E-state index is 0.197. The van der Waals surface area contributed by atoms with Crippen molar-refractivity contribution in [2.24, 2.45) is 7.05 Å². The summed E-state index contributed by atoms with van der Waals surface area (Å²) in [5.41, 5.74) is 4.74. The molecule has 0 bridgehead atoms. The summed E-state index contributed by atoms with van der Waals surface area (Å²) in [5.74, 6) is 0. The van der Waals surface area contributed by atoms with Crippen molar-refractivity contribution >= 4 is 5.69 Å². The van der Waals surface area contributed by atoms with E-state index < -0.39 is 0 Å². The highest BCUT2D eigenvalue weighted by Crippen LogP contribution is 2.30. The number of hydrogen-bond acceptors (Lipinski definition) is 2. The Hall–Kier alpha value is -2.55. The van der Waals surface area contributed by atoms with E-state index in [1.165, 1.54) is 11.1 Å². The molecule has 3 aromatic rings. The normalized spacial score (nSPS) is 12.1. The molecule has 3 heteroatoms. The minimum absolute atomic E-state index is 0.197. The average Bonchev–Trinajstić information content (AvgIpc) is 2.95. The first-order chi connectivity index (χ1) is 10.3. The second kappa shape index (κ2) is 5.83. The highest BCUT2D eigenvalue weighted by Gasteiger charge is 2.11. The molecular weight excluding hydrogens is 258 g/mol. The zero-order valence-electron chi connectivity index (χ0n) is 12.3. The van der Waals surface area contributed by atoms with Crippen LogP contribution >= 0.6 is 0 Å². The maximum absolute atomic E-state index is 4.24. The number of aryl methyl sites for hydroxylation is 1. The fourth-order valence-corrected chi connectivity index (χ4v) is 2.59. The topological polar surface area (TPSA) is 29.9 Å². The van der Waals surface area contributed by atoms with E-state index in [1.807, 2.05) is 30.1 Å².